The average molecular weight is 389 g/mol. The Morgan fingerprint density at radius 1 is 1.12 bits per heavy atom. The van der Waals surface area contributed by atoms with Crippen molar-refractivity contribution in [2.45, 2.75) is 17.7 Å². The number of aromatic nitrogens is 1. The zero-order valence-corrected chi connectivity index (χ0v) is 15.9. The highest BCUT2D eigenvalue weighted by Crippen LogP contribution is 2.42. The van der Waals surface area contributed by atoms with Gasteiger partial charge in [-0.1, -0.05) is 28.9 Å². The number of ether oxygens (including phenoxy) is 2. The Morgan fingerprint density at radius 2 is 1.88 bits per heavy atom. The average Bonchev–Trinajstić information content (AvgIpc) is 3.09. The number of benzene rings is 2. The monoisotopic (exact) mass is 388 g/mol. The molecule has 0 saturated carbocycles. The fraction of sp³-hybridized carbons (Fsp3) is 0.211. The molecule has 4 rings (SSSR count). The van der Waals surface area contributed by atoms with Gasteiger partial charge < -0.3 is 18.7 Å². The number of nitrogens with zero attached hydrogens (tertiary/aromatic N) is 1. The predicted molar refractivity (Wildman–Crippen MR) is 103 cm³/mol. The number of rotatable bonds is 5. The van der Waals surface area contributed by atoms with E-state index in [0.29, 0.717) is 10.8 Å². The lowest BCUT2D eigenvalue weighted by Crippen LogP contribution is -2.03. The van der Waals surface area contributed by atoms with Crippen molar-refractivity contribution in [3.63, 3.8) is 0 Å². The number of anilines is 1. The normalized spacial score (nSPS) is 12.3. The highest BCUT2D eigenvalue weighted by atomic mass is 35.5. The van der Waals surface area contributed by atoms with E-state index in [1.54, 1.807) is 14.2 Å². The SMILES string of the molecule is COc1cccc(OC)c1SNc1noc2c1CCc1ccc(Cl)cc1-2. The Labute approximate surface area is 160 Å². The number of halogens is 1. The Bertz CT molecular complexity index is 936. The van der Waals surface area contributed by atoms with Gasteiger partial charge in [-0.3, -0.25) is 0 Å². The summed E-state index contributed by atoms with van der Waals surface area (Å²) in [5.74, 6) is 2.96. The number of methoxy groups -OCH3 is 2. The van der Waals surface area contributed by atoms with Crippen molar-refractivity contribution in [2.75, 3.05) is 18.9 Å². The van der Waals surface area contributed by atoms with Crippen molar-refractivity contribution in [3.8, 4) is 22.8 Å². The van der Waals surface area contributed by atoms with E-state index in [2.05, 4.69) is 9.88 Å². The molecule has 7 heteroatoms. The van der Waals surface area contributed by atoms with Crippen LogP contribution in [0.2, 0.25) is 5.02 Å². The van der Waals surface area contributed by atoms with Gasteiger partial charge in [-0.25, -0.2) is 0 Å². The van der Waals surface area contributed by atoms with Crippen LogP contribution in [-0.4, -0.2) is 19.4 Å². The number of nitrogens with one attached hydrogen (secondary N) is 1. The van der Waals surface area contributed by atoms with Gasteiger partial charge in [0.05, 0.1) is 14.2 Å². The van der Waals surface area contributed by atoms with Crippen molar-refractivity contribution < 1.29 is 14.0 Å². The molecule has 0 spiro atoms. The molecule has 134 valence electrons. The van der Waals surface area contributed by atoms with E-state index < -0.39 is 0 Å². The zero-order valence-electron chi connectivity index (χ0n) is 14.3. The molecule has 5 nitrogen and oxygen atoms in total. The second-order valence-corrected chi connectivity index (χ2v) is 7.09. The van der Waals surface area contributed by atoms with Crippen LogP contribution in [-0.2, 0) is 12.8 Å². The van der Waals surface area contributed by atoms with Crippen LogP contribution in [0.15, 0.2) is 45.8 Å². The van der Waals surface area contributed by atoms with Gasteiger partial charge in [-0.2, -0.15) is 0 Å². The van der Waals surface area contributed by atoms with E-state index in [4.69, 9.17) is 25.6 Å². The van der Waals surface area contributed by atoms with E-state index in [1.807, 2.05) is 36.4 Å². The zero-order chi connectivity index (χ0) is 18.1. The van der Waals surface area contributed by atoms with E-state index in [-0.39, 0.29) is 0 Å². The summed E-state index contributed by atoms with van der Waals surface area (Å²) < 4.78 is 19.8. The molecule has 0 unspecified atom stereocenters. The number of fused-ring (bicyclic) bond motifs is 3. The summed E-state index contributed by atoms with van der Waals surface area (Å²) in [6.45, 7) is 0. The van der Waals surface area contributed by atoms with Crippen LogP contribution in [0.4, 0.5) is 5.82 Å². The third-order valence-corrected chi connectivity index (χ3v) is 5.52. The van der Waals surface area contributed by atoms with Gasteiger partial charge >= 0.3 is 0 Å². The minimum atomic E-state index is 0.690. The molecule has 0 radical (unpaired) electrons. The molecule has 0 bridgehead atoms. The lowest BCUT2D eigenvalue weighted by atomic mass is 9.91. The van der Waals surface area contributed by atoms with Crippen molar-refractivity contribution in [1.82, 2.24) is 5.16 Å². The fourth-order valence-electron chi connectivity index (χ4n) is 3.09. The summed E-state index contributed by atoms with van der Waals surface area (Å²) >= 11 is 7.54. The Hall–Kier alpha value is -2.31. The molecule has 0 atom stereocenters. The van der Waals surface area contributed by atoms with Crippen molar-refractivity contribution in [3.05, 3.63) is 52.5 Å². The minimum Gasteiger partial charge on any atom is -0.495 e. The molecule has 1 heterocycles. The minimum absolute atomic E-state index is 0.690. The third-order valence-electron chi connectivity index (χ3n) is 4.38. The van der Waals surface area contributed by atoms with Gasteiger partial charge in [0.2, 0.25) is 0 Å². The van der Waals surface area contributed by atoms with Gasteiger partial charge in [-0.15, -0.1) is 0 Å². The van der Waals surface area contributed by atoms with Crippen LogP contribution < -0.4 is 14.2 Å². The topological polar surface area (TPSA) is 56.5 Å². The van der Waals surface area contributed by atoms with Crippen LogP contribution >= 0.6 is 23.5 Å². The van der Waals surface area contributed by atoms with Crippen LogP contribution in [0.3, 0.4) is 0 Å². The molecule has 3 aromatic rings. The maximum atomic E-state index is 6.15. The Morgan fingerprint density at radius 3 is 2.62 bits per heavy atom. The van der Waals surface area contributed by atoms with E-state index in [9.17, 15) is 0 Å². The summed E-state index contributed by atoms with van der Waals surface area (Å²) in [5, 5.41) is 4.91. The van der Waals surface area contributed by atoms with E-state index >= 15 is 0 Å². The summed E-state index contributed by atoms with van der Waals surface area (Å²) in [5.41, 5.74) is 3.30. The second kappa shape index (κ2) is 7.13. The van der Waals surface area contributed by atoms with Gasteiger partial charge in [0.25, 0.3) is 0 Å². The van der Waals surface area contributed by atoms with E-state index in [0.717, 1.165) is 46.1 Å². The standard InChI is InChI=1S/C19H17ClN2O3S/c1-23-15-4-3-5-16(24-2)18(15)26-22-19-13-9-7-11-6-8-12(20)10-14(11)17(13)25-21-19/h3-6,8,10H,7,9H2,1-2H3,(H,21,22). The molecular formula is C19H17ClN2O3S. The second-order valence-electron chi connectivity index (χ2n) is 5.84. The molecule has 0 saturated heterocycles. The van der Waals surface area contributed by atoms with Gasteiger partial charge in [-0.05, 0) is 54.6 Å². The van der Waals surface area contributed by atoms with Gasteiger partial charge in [0.1, 0.15) is 16.4 Å². The molecule has 1 aliphatic carbocycles. The smallest absolute Gasteiger partial charge is 0.183 e. The maximum absolute atomic E-state index is 6.15. The summed E-state index contributed by atoms with van der Waals surface area (Å²) in [7, 11) is 3.27. The van der Waals surface area contributed by atoms with Crippen LogP contribution in [0.5, 0.6) is 11.5 Å². The number of aryl methyl sites for hydroxylation is 1. The quantitative estimate of drug-likeness (QED) is 0.604. The maximum Gasteiger partial charge on any atom is 0.183 e. The molecule has 1 N–H and O–H groups in total. The number of hydrogen-bond donors (Lipinski definition) is 1. The van der Waals surface area contributed by atoms with E-state index in [1.165, 1.54) is 17.5 Å². The predicted octanol–water partition coefficient (Wildman–Crippen LogP) is 5.23. The Kier molecular flexibility index (Phi) is 4.70. The highest BCUT2D eigenvalue weighted by molar-refractivity contribution is 8.00. The van der Waals surface area contributed by atoms with Crippen LogP contribution in [0.25, 0.3) is 11.3 Å². The summed E-state index contributed by atoms with van der Waals surface area (Å²) in [4.78, 5) is 0.855. The molecular weight excluding hydrogens is 372 g/mol. The molecule has 2 aromatic carbocycles. The molecule has 0 amide bonds. The largest absolute Gasteiger partial charge is 0.495 e. The summed E-state index contributed by atoms with van der Waals surface area (Å²) in [6.07, 6.45) is 1.79. The lowest BCUT2D eigenvalue weighted by molar-refractivity contribution is 0.376. The molecule has 0 aliphatic heterocycles. The first-order chi connectivity index (χ1) is 12.7. The molecule has 0 fully saturated rings. The lowest BCUT2D eigenvalue weighted by Gasteiger charge is -2.16. The van der Waals surface area contributed by atoms with Gasteiger partial charge in [0.15, 0.2) is 11.6 Å². The Balaban J connectivity index is 1.63. The molecule has 1 aliphatic rings. The fourth-order valence-corrected chi connectivity index (χ4v) is 4.12. The number of hydrogen-bond acceptors (Lipinski definition) is 6. The van der Waals surface area contributed by atoms with Gasteiger partial charge in [0, 0.05) is 16.1 Å². The highest BCUT2D eigenvalue weighted by Gasteiger charge is 2.25. The molecule has 1 aromatic heterocycles. The first-order valence-electron chi connectivity index (χ1n) is 8.12. The first-order valence-corrected chi connectivity index (χ1v) is 9.32. The van der Waals surface area contributed by atoms with Crippen LogP contribution in [0, 0.1) is 0 Å². The first kappa shape index (κ1) is 17.1. The van der Waals surface area contributed by atoms with Crippen LogP contribution in [0.1, 0.15) is 11.1 Å². The van der Waals surface area contributed by atoms with Crippen molar-refractivity contribution >= 4 is 29.4 Å². The summed E-state index contributed by atoms with van der Waals surface area (Å²) in [6, 6.07) is 11.6. The third kappa shape index (κ3) is 2.99. The van der Waals surface area contributed by atoms with Crippen molar-refractivity contribution in [1.29, 1.82) is 0 Å². The molecule has 26 heavy (non-hydrogen) atoms. The van der Waals surface area contributed by atoms with Crippen molar-refractivity contribution in [2.24, 2.45) is 0 Å².